The Hall–Kier alpha value is -4.40. The largest absolute Gasteiger partial charge is 0.366 e. The van der Waals surface area contributed by atoms with Crippen molar-refractivity contribution in [3.05, 3.63) is 100 Å². The lowest BCUT2D eigenvalue weighted by atomic mass is 9.89. The van der Waals surface area contributed by atoms with Gasteiger partial charge in [0.15, 0.2) is 0 Å². The van der Waals surface area contributed by atoms with Crippen molar-refractivity contribution in [2.45, 2.75) is 70.9 Å². The molecule has 6 aromatic rings. The number of hydrogen-bond acceptors (Lipinski definition) is 12. The number of piperidine rings is 2. The summed E-state index contributed by atoms with van der Waals surface area (Å²) >= 11 is 3.42. The van der Waals surface area contributed by atoms with Crippen LogP contribution in [0.15, 0.2) is 66.2 Å². The minimum atomic E-state index is -3.13. The highest BCUT2D eigenvalue weighted by Crippen LogP contribution is 2.36. The number of pyridine rings is 2. The van der Waals surface area contributed by atoms with Gasteiger partial charge in [0, 0.05) is 140 Å². The van der Waals surface area contributed by atoms with Gasteiger partial charge in [-0.05, 0) is 65.9 Å². The van der Waals surface area contributed by atoms with E-state index in [0.717, 1.165) is 114 Å². The highest BCUT2D eigenvalue weighted by atomic mass is 79.9. The Bertz CT molecular complexity index is 2640. The van der Waals surface area contributed by atoms with Crippen LogP contribution in [-0.2, 0) is 46.0 Å². The van der Waals surface area contributed by atoms with Gasteiger partial charge in [-0.25, -0.2) is 55.3 Å². The summed E-state index contributed by atoms with van der Waals surface area (Å²) < 4.78 is 51.0. The van der Waals surface area contributed by atoms with Gasteiger partial charge in [-0.3, -0.25) is 0 Å². The minimum absolute atomic E-state index is 0. The second kappa shape index (κ2) is 18.7. The van der Waals surface area contributed by atoms with Crippen LogP contribution in [0.25, 0.3) is 22.1 Å². The van der Waals surface area contributed by atoms with E-state index in [0.29, 0.717) is 32.1 Å². The molecule has 3 N–H and O–H groups in total. The van der Waals surface area contributed by atoms with Gasteiger partial charge in [-0.1, -0.05) is 7.43 Å². The second-order valence-corrected chi connectivity index (χ2v) is 20.3. The van der Waals surface area contributed by atoms with E-state index < -0.39 is 20.0 Å². The molecule has 4 aliphatic rings. The topological polar surface area (TPSA) is 199 Å². The molecule has 0 spiro atoms. The van der Waals surface area contributed by atoms with Crippen molar-refractivity contribution in [3.63, 3.8) is 0 Å². The van der Waals surface area contributed by atoms with E-state index >= 15 is 0 Å². The molecule has 0 atom stereocenters. The number of anilines is 1. The van der Waals surface area contributed by atoms with Crippen molar-refractivity contribution in [1.29, 1.82) is 0 Å². The summed E-state index contributed by atoms with van der Waals surface area (Å²) in [7, 11) is -6.19. The lowest BCUT2D eigenvalue weighted by Gasteiger charge is -2.35. The molecule has 0 aromatic carbocycles. The van der Waals surface area contributed by atoms with Crippen molar-refractivity contribution < 1.29 is 16.8 Å². The Morgan fingerprint density at radius 3 is 1.77 bits per heavy atom. The summed E-state index contributed by atoms with van der Waals surface area (Å²) in [6.45, 7) is 5.77. The van der Waals surface area contributed by atoms with Crippen LogP contribution in [0.2, 0.25) is 0 Å². The van der Waals surface area contributed by atoms with E-state index in [2.05, 4.69) is 78.2 Å². The predicted octanol–water partition coefficient (Wildman–Crippen LogP) is 5.28. The summed E-state index contributed by atoms with van der Waals surface area (Å²) in [5, 5.41) is 5.62. The SMILES string of the molecule is Brc1ccnc2[nH]ccc12.C.CS(=O)(=O)N1CCC(c2ncnc3c2CN(c2ccnc4[nH]ccc24)CC3)CC1.CS(=O)(=O)N1CCC(c2ncnc3c2CNCC3)CC1. The summed E-state index contributed by atoms with van der Waals surface area (Å²) in [5.74, 6) is 0.624. The first kappa shape index (κ1) is 43.7. The fourth-order valence-electron chi connectivity index (χ4n) is 8.64. The van der Waals surface area contributed by atoms with Gasteiger partial charge in [0.05, 0.1) is 29.6 Å². The molecule has 2 saturated heterocycles. The van der Waals surface area contributed by atoms with Crippen LogP contribution in [0.3, 0.4) is 0 Å². The van der Waals surface area contributed by atoms with Crippen LogP contribution < -0.4 is 10.2 Å². The van der Waals surface area contributed by atoms with E-state index in [4.69, 9.17) is 0 Å². The summed E-state index contributed by atoms with van der Waals surface area (Å²) in [4.78, 5) is 35.2. The molecule has 16 nitrogen and oxygen atoms in total. The molecule has 6 aromatic heterocycles. The Morgan fingerprint density at radius 1 is 0.650 bits per heavy atom. The van der Waals surface area contributed by atoms with E-state index in [1.165, 1.54) is 29.3 Å². The van der Waals surface area contributed by atoms with Crippen LogP contribution in [0, 0.1) is 0 Å². The third-order valence-electron chi connectivity index (χ3n) is 11.7. The van der Waals surface area contributed by atoms with Gasteiger partial charge in [-0.15, -0.1) is 0 Å². The molecule has 0 unspecified atom stereocenters. The van der Waals surface area contributed by atoms with Crippen LogP contribution in [0.5, 0.6) is 0 Å². The molecule has 10 rings (SSSR count). The molecule has 320 valence electrons. The average Bonchev–Trinajstić information content (AvgIpc) is 3.94. The van der Waals surface area contributed by atoms with Gasteiger partial charge >= 0.3 is 0 Å². The number of H-pyrrole nitrogens is 2. The Labute approximate surface area is 360 Å². The Kier molecular flexibility index (Phi) is 13.6. The maximum atomic E-state index is 11.8. The third-order valence-corrected chi connectivity index (χ3v) is 15.0. The van der Waals surface area contributed by atoms with Crippen molar-refractivity contribution in [2.24, 2.45) is 0 Å². The zero-order chi connectivity index (χ0) is 41.1. The van der Waals surface area contributed by atoms with Gasteiger partial charge in [0.1, 0.15) is 23.9 Å². The number of rotatable bonds is 5. The van der Waals surface area contributed by atoms with Crippen LogP contribution in [0.1, 0.15) is 78.8 Å². The maximum Gasteiger partial charge on any atom is 0.211 e. The molecule has 0 radical (unpaired) electrons. The van der Waals surface area contributed by atoms with Crippen LogP contribution in [0.4, 0.5) is 5.69 Å². The minimum Gasteiger partial charge on any atom is -0.366 e. The summed E-state index contributed by atoms with van der Waals surface area (Å²) in [5.41, 5.74) is 9.91. The third kappa shape index (κ3) is 9.71. The Balaban J connectivity index is 0.000000151. The van der Waals surface area contributed by atoms with Gasteiger partial charge in [0.25, 0.3) is 0 Å². The first-order valence-electron chi connectivity index (χ1n) is 19.9. The smallest absolute Gasteiger partial charge is 0.211 e. The van der Waals surface area contributed by atoms with Gasteiger partial charge in [-0.2, -0.15) is 0 Å². The maximum absolute atomic E-state index is 11.8. The second-order valence-electron chi connectivity index (χ2n) is 15.4. The lowest BCUT2D eigenvalue weighted by molar-refractivity contribution is 0.316. The van der Waals surface area contributed by atoms with Crippen molar-refractivity contribution in [3.8, 4) is 0 Å². The first-order chi connectivity index (χ1) is 28.4. The highest BCUT2D eigenvalue weighted by Gasteiger charge is 2.32. The zero-order valence-corrected chi connectivity index (χ0v) is 36.4. The molecule has 0 amide bonds. The van der Waals surface area contributed by atoms with Crippen molar-refractivity contribution in [2.75, 3.05) is 56.7 Å². The zero-order valence-electron chi connectivity index (χ0n) is 33.2. The molecule has 4 aliphatic heterocycles. The average molecular weight is 922 g/mol. The molecule has 0 aliphatic carbocycles. The monoisotopic (exact) mass is 920 g/mol. The van der Waals surface area contributed by atoms with E-state index in [1.54, 1.807) is 27.5 Å². The molecular weight excluding hydrogens is 869 g/mol. The molecule has 60 heavy (non-hydrogen) atoms. The quantitative estimate of drug-likeness (QED) is 0.203. The highest BCUT2D eigenvalue weighted by molar-refractivity contribution is 9.10. The van der Waals surface area contributed by atoms with Gasteiger partial charge in [0.2, 0.25) is 20.0 Å². The fraction of sp³-hybridized carbons (Fsp3) is 0.463. The van der Waals surface area contributed by atoms with Crippen LogP contribution >= 0.6 is 15.9 Å². The number of halogens is 1. The molecule has 0 saturated carbocycles. The van der Waals surface area contributed by atoms with Crippen molar-refractivity contribution >= 4 is 63.7 Å². The Morgan fingerprint density at radius 2 is 1.18 bits per heavy atom. The normalized spacial score (nSPS) is 18.1. The van der Waals surface area contributed by atoms with Crippen molar-refractivity contribution in [1.82, 2.24) is 53.8 Å². The number of sulfonamides is 2. The fourth-order valence-corrected chi connectivity index (χ4v) is 10.8. The van der Waals surface area contributed by atoms with Crippen LogP contribution in [-0.4, -0.2) is 117 Å². The molecule has 19 heteroatoms. The lowest BCUT2D eigenvalue weighted by Crippen LogP contribution is -2.38. The number of fused-ring (bicyclic) bond motifs is 4. The van der Waals surface area contributed by atoms with E-state index in [1.807, 2.05) is 30.7 Å². The standard InChI is InChI=1S/C20H24N6O2S.C13H20N4O2S.C7H5BrN2.CH4/c1-29(27,28)26-10-4-14(5-11-26)19-16-12-25(9-6-17(16)23-13-24-19)18-3-8-22-20-15(18)2-7-21-20;1-20(18,19)17-6-3-10(4-7-17)13-11-8-14-5-2-12(11)15-9-16-13;8-6-2-4-10-7-5(6)1-3-9-7;/h2-3,7-8,13-14H,4-6,9-12H2,1H3,(H,21,22);9-10,14H,2-8H2,1H3;1-4H,(H,9,10);1H4. The molecule has 2 fully saturated rings. The van der Waals surface area contributed by atoms with E-state index in [9.17, 15) is 16.8 Å². The molecular formula is C41H53BrN12O4S2. The summed E-state index contributed by atoms with van der Waals surface area (Å²) in [6.07, 6.45) is 18.4. The molecule has 0 bridgehead atoms. The van der Waals surface area contributed by atoms with E-state index in [-0.39, 0.29) is 13.3 Å². The number of aromatic amines is 2. The number of nitrogens with one attached hydrogen (secondary N) is 3. The number of nitrogens with zero attached hydrogens (tertiary/aromatic N) is 9. The number of aromatic nitrogens is 8. The summed E-state index contributed by atoms with van der Waals surface area (Å²) in [6, 6.07) is 8.05. The van der Waals surface area contributed by atoms with Gasteiger partial charge < -0.3 is 20.2 Å². The first-order valence-corrected chi connectivity index (χ1v) is 24.4. The number of hydrogen-bond donors (Lipinski definition) is 3. The predicted molar refractivity (Wildman–Crippen MR) is 238 cm³/mol. The molecule has 10 heterocycles.